The van der Waals surface area contributed by atoms with Crippen molar-refractivity contribution in [2.24, 2.45) is 0 Å². The number of fused-ring (bicyclic) bond motifs is 6. The molecule has 0 aliphatic rings. The molecule has 3 aromatic heterocycles. The minimum atomic E-state index is 1.12. The van der Waals surface area contributed by atoms with E-state index in [4.69, 9.17) is 0 Å². The lowest BCUT2D eigenvalue weighted by Crippen LogP contribution is -2.09. The molecule has 0 saturated carbocycles. The fourth-order valence-electron chi connectivity index (χ4n) is 6.40. The highest BCUT2D eigenvalue weighted by Gasteiger charge is 2.16. The lowest BCUT2D eigenvalue weighted by molar-refractivity contribution is 1.29. The predicted molar refractivity (Wildman–Crippen MR) is 196 cm³/mol. The van der Waals surface area contributed by atoms with Crippen LogP contribution in [0.1, 0.15) is 0 Å². The molecule has 45 heavy (non-hydrogen) atoms. The van der Waals surface area contributed by atoms with Gasteiger partial charge in [0.1, 0.15) is 0 Å². The molecule has 3 heterocycles. The summed E-state index contributed by atoms with van der Waals surface area (Å²) in [5.41, 5.74) is 8.29. The molecule has 0 N–H and O–H groups in total. The van der Waals surface area contributed by atoms with E-state index in [9.17, 15) is 0 Å². The van der Waals surface area contributed by atoms with Crippen molar-refractivity contribution in [3.63, 3.8) is 0 Å². The van der Waals surface area contributed by atoms with Gasteiger partial charge < -0.3 is 4.90 Å². The van der Waals surface area contributed by atoms with Gasteiger partial charge in [-0.25, -0.2) is 0 Å². The molecule has 0 atom stereocenters. The van der Waals surface area contributed by atoms with Crippen LogP contribution in [0.15, 0.2) is 158 Å². The van der Waals surface area contributed by atoms with Gasteiger partial charge in [-0.1, -0.05) is 97.1 Å². The van der Waals surface area contributed by atoms with Crippen molar-refractivity contribution in [1.82, 2.24) is 4.98 Å². The average Bonchev–Trinajstić information content (AvgIpc) is 3.68. The third kappa shape index (κ3) is 4.50. The Kier molecular flexibility index (Phi) is 6.22. The van der Waals surface area contributed by atoms with Crippen LogP contribution >= 0.6 is 22.7 Å². The molecular formula is C41H26N2S2. The first kappa shape index (κ1) is 26.1. The summed E-state index contributed by atoms with van der Waals surface area (Å²) in [6.45, 7) is 0. The van der Waals surface area contributed by atoms with E-state index in [1.807, 2.05) is 35.1 Å². The number of nitrogens with zero attached hydrogens (tertiary/aromatic N) is 2. The normalized spacial score (nSPS) is 11.6. The fourth-order valence-corrected chi connectivity index (χ4v) is 8.75. The van der Waals surface area contributed by atoms with Crippen LogP contribution in [0.25, 0.3) is 62.6 Å². The van der Waals surface area contributed by atoms with Gasteiger partial charge in [-0.15, -0.1) is 22.7 Å². The van der Waals surface area contributed by atoms with Gasteiger partial charge in [0.25, 0.3) is 0 Å². The molecule has 0 radical (unpaired) electrons. The van der Waals surface area contributed by atoms with Gasteiger partial charge in [0, 0.05) is 65.1 Å². The quantitative estimate of drug-likeness (QED) is 0.193. The number of aromatic nitrogens is 1. The Bertz CT molecular complexity index is 2470. The highest BCUT2D eigenvalue weighted by Crippen LogP contribution is 2.43. The van der Waals surface area contributed by atoms with Crippen LogP contribution in [-0.4, -0.2) is 4.98 Å². The van der Waals surface area contributed by atoms with E-state index < -0.39 is 0 Å². The van der Waals surface area contributed by atoms with Crippen molar-refractivity contribution in [3.8, 4) is 22.3 Å². The van der Waals surface area contributed by atoms with Gasteiger partial charge in [0.2, 0.25) is 0 Å². The zero-order chi connectivity index (χ0) is 29.7. The van der Waals surface area contributed by atoms with Crippen molar-refractivity contribution < 1.29 is 0 Å². The van der Waals surface area contributed by atoms with Crippen LogP contribution in [0.5, 0.6) is 0 Å². The third-order valence-corrected chi connectivity index (χ3v) is 10.9. The number of anilines is 3. The van der Waals surface area contributed by atoms with E-state index in [1.165, 1.54) is 62.6 Å². The number of hydrogen-bond acceptors (Lipinski definition) is 4. The number of benzene rings is 6. The molecule has 2 nitrogen and oxygen atoms in total. The topological polar surface area (TPSA) is 16.1 Å². The van der Waals surface area contributed by atoms with E-state index in [1.54, 1.807) is 0 Å². The van der Waals surface area contributed by atoms with E-state index in [2.05, 4.69) is 155 Å². The van der Waals surface area contributed by atoms with E-state index in [0.717, 1.165) is 17.1 Å². The average molecular weight is 611 g/mol. The summed E-state index contributed by atoms with van der Waals surface area (Å²) in [5, 5.41) is 5.18. The van der Waals surface area contributed by atoms with Crippen molar-refractivity contribution in [2.45, 2.75) is 0 Å². The predicted octanol–water partition coefficient (Wildman–Crippen LogP) is 12.6. The zero-order valence-corrected chi connectivity index (χ0v) is 25.9. The molecular weight excluding hydrogens is 585 g/mol. The summed E-state index contributed by atoms with van der Waals surface area (Å²) >= 11 is 3.67. The van der Waals surface area contributed by atoms with Crippen LogP contribution in [0, 0.1) is 0 Å². The molecule has 9 aromatic rings. The Labute approximate surface area is 269 Å². The van der Waals surface area contributed by atoms with E-state index in [0.29, 0.717) is 0 Å². The Morgan fingerprint density at radius 1 is 0.422 bits per heavy atom. The number of pyridine rings is 1. The standard InChI is InChI=1S/C41H26N2S2/c1-2-7-27(8-3-1)28-13-17-30(18-14-28)43(32-21-22-35-34-9-4-5-12-38(34)44-39(35)25-32)31-19-15-29(16-20-31)33-10-6-11-37-36-23-24-42-26-40(36)45-41(33)37/h1-26H. The highest BCUT2D eigenvalue weighted by molar-refractivity contribution is 7.26. The molecule has 6 aromatic carbocycles. The number of rotatable bonds is 5. The van der Waals surface area contributed by atoms with Crippen molar-refractivity contribution in [3.05, 3.63) is 158 Å². The lowest BCUT2D eigenvalue weighted by Gasteiger charge is -2.26. The summed E-state index contributed by atoms with van der Waals surface area (Å²) < 4.78 is 5.14. The second-order valence-corrected chi connectivity index (χ2v) is 13.4. The molecule has 0 unspecified atom stereocenters. The van der Waals surface area contributed by atoms with Crippen LogP contribution in [0.3, 0.4) is 0 Å². The molecule has 0 saturated heterocycles. The second-order valence-electron chi connectivity index (χ2n) is 11.2. The van der Waals surface area contributed by atoms with Crippen LogP contribution in [-0.2, 0) is 0 Å². The van der Waals surface area contributed by atoms with E-state index in [-0.39, 0.29) is 0 Å². The van der Waals surface area contributed by atoms with Crippen molar-refractivity contribution in [1.29, 1.82) is 0 Å². The molecule has 4 heteroatoms. The summed E-state index contributed by atoms with van der Waals surface area (Å²) in [5.74, 6) is 0. The number of hydrogen-bond donors (Lipinski definition) is 0. The van der Waals surface area contributed by atoms with Gasteiger partial charge in [-0.2, -0.15) is 0 Å². The van der Waals surface area contributed by atoms with Gasteiger partial charge in [-0.05, 0) is 70.8 Å². The lowest BCUT2D eigenvalue weighted by atomic mass is 10.0. The SMILES string of the molecule is c1ccc(-c2ccc(N(c3ccc(-c4cccc5c4sc4cnccc45)cc3)c3ccc4c(c3)sc3ccccc34)cc2)cc1. The van der Waals surface area contributed by atoms with Gasteiger partial charge in [-0.3, -0.25) is 4.98 Å². The van der Waals surface area contributed by atoms with Crippen molar-refractivity contribution >= 4 is 80.1 Å². The summed E-state index contributed by atoms with van der Waals surface area (Å²) in [4.78, 5) is 6.73. The molecule has 0 spiro atoms. The Morgan fingerprint density at radius 3 is 1.89 bits per heavy atom. The van der Waals surface area contributed by atoms with Gasteiger partial charge in [0.05, 0.1) is 4.70 Å². The number of thiophene rings is 2. The summed E-state index contributed by atoms with van der Waals surface area (Å²) in [7, 11) is 0. The summed E-state index contributed by atoms with van der Waals surface area (Å²) in [6, 6.07) is 52.8. The molecule has 9 rings (SSSR count). The smallest absolute Gasteiger partial charge is 0.0538 e. The first-order valence-electron chi connectivity index (χ1n) is 15.0. The molecule has 0 aliphatic heterocycles. The second kappa shape index (κ2) is 10.7. The molecule has 0 amide bonds. The maximum absolute atomic E-state index is 4.36. The summed E-state index contributed by atoms with van der Waals surface area (Å²) in [6.07, 6.45) is 3.86. The highest BCUT2D eigenvalue weighted by atomic mass is 32.1. The first-order valence-corrected chi connectivity index (χ1v) is 16.7. The molecule has 212 valence electrons. The van der Waals surface area contributed by atoms with Crippen LogP contribution < -0.4 is 4.90 Å². The Balaban J connectivity index is 1.16. The van der Waals surface area contributed by atoms with Crippen LogP contribution in [0.2, 0.25) is 0 Å². The van der Waals surface area contributed by atoms with Gasteiger partial charge in [0.15, 0.2) is 0 Å². The zero-order valence-electron chi connectivity index (χ0n) is 24.2. The molecule has 0 aliphatic carbocycles. The maximum atomic E-state index is 4.36. The van der Waals surface area contributed by atoms with Crippen LogP contribution in [0.4, 0.5) is 17.1 Å². The monoisotopic (exact) mass is 610 g/mol. The Morgan fingerprint density at radius 2 is 1.07 bits per heavy atom. The molecule has 0 bridgehead atoms. The Hall–Kier alpha value is -5.29. The first-order chi connectivity index (χ1) is 22.3. The van der Waals surface area contributed by atoms with E-state index >= 15 is 0 Å². The minimum Gasteiger partial charge on any atom is -0.310 e. The van der Waals surface area contributed by atoms with Gasteiger partial charge >= 0.3 is 0 Å². The maximum Gasteiger partial charge on any atom is 0.0538 e. The third-order valence-electron chi connectivity index (χ3n) is 8.59. The minimum absolute atomic E-state index is 1.12. The fraction of sp³-hybridized carbons (Fsp3) is 0. The molecule has 0 fully saturated rings. The largest absolute Gasteiger partial charge is 0.310 e. The van der Waals surface area contributed by atoms with Crippen molar-refractivity contribution in [2.75, 3.05) is 4.90 Å².